The second-order valence-corrected chi connectivity index (χ2v) is 7.52. The lowest BCUT2D eigenvalue weighted by Gasteiger charge is -2.16. The smallest absolute Gasteiger partial charge is 0.232 e. The Kier molecular flexibility index (Phi) is 7.63. The van der Waals surface area contributed by atoms with Crippen LogP contribution >= 0.6 is 35.8 Å². The summed E-state index contributed by atoms with van der Waals surface area (Å²) in [6, 6.07) is 18.0. The molecule has 0 bridgehead atoms. The molecule has 2 aromatic rings. The van der Waals surface area contributed by atoms with Crippen molar-refractivity contribution >= 4 is 41.7 Å². The van der Waals surface area contributed by atoms with E-state index in [1.54, 1.807) is 11.8 Å². The van der Waals surface area contributed by atoms with Crippen molar-refractivity contribution in [1.82, 2.24) is 4.90 Å². The third kappa shape index (κ3) is 5.38. The lowest BCUT2D eigenvalue weighted by atomic mass is 9.95. The molecule has 25 heavy (non-hydrogen) atoms. The molecule has 0 unspecified atom stereocenters. The predicted molar refractivity (Wildman–Crippen MR) is 109 cm³/mol. The van der Waals surface area contributed by atoms with Gasteiger partial charge in [0.1, 0.15) is 0 Å². The van der Waals surface area contributed by atoms with E-state index in [0.29, 0.717) is 18.8 Å². The molecule has 1 heterocycles. The molecule has 1 aliphatic heterocycles. The van der Waals surface area contributed by atoms with Crippen LogP contribution in [0.4, 0.5) is 0 Å². The lowest BCUT2D eigenvalue weighted by molar-refractivity contribution is -0.127. The second kappa shape index (κ2) is 9.48. The maximum absolute atomic E-state index is 12.4. The molecule has 1 fully saturated rings. The maximum atomic E-state index is 12.4. The number of nitrogens with two attached hydrogens (primary N) is 1. The molecular formula is C19H22Cl2N2OS. The first kappa shape index (κ1) is 20.1. The summed E-state index contributed by atoms with van der Waals surface area (Å²) in [5, 5.41) is 0.732. The Hall–Kier alpha value is -1.20. The minimum atomic E-state index is 0. The van der Waals surface area contributed by atoms with Crippen LogP contribution in [0.5, 0.6) is 0 Å². The van der Waals surface area contributed by atoms with Gasteiger partial charge in [0.2, 0.25) is 5.91 Å². The van der Waals surface area contributed by atoms with E-state index in [1.165, 1.54) is 5.56 Å². The number of amides is 1. The van der Waals surface area contributed by atoms with Crippen molar-refractivity contribution in [3.63, 3.8) is 0 Å². The fourth-order valence-electron chi connectivity index (χ4n) is 3.06. The highest BCUT2D eigenvalue weighted by atomic mass is 35.5. The van der Waals surface area contributed by atoms with Crippen molar-refractivity contribution in [1.29, 1.82) is 0 Å². The summed E-state index contributed by atoms with van der Waals surface area (Å²) >= 11 is 7.60. The maximum Gasteiger partial charge on any atom is 0.232 e. The Bertz CT molecular complexity index is 699. The average molecular weight is 397 g/mol. The molecule has 0 aliphatic carbocycles. The molecule has 2 atom stereocenters. The zero-order valence-electron chi connectivity index (χ0n) is 13.8. The van der Waals surface area contributed by atoms with E-state index in [9.17, 15) is 4.79 Å². The summed E-state index contributed by atoms with van der Waals surface area (Å²) in [4.78, 5) is 14.3. The molecule has 3 rings (SSSR count). The van der Waals surface area contributed by atoms with E-state index in [0.717, 1.165) is 16.3 Å². The highest BCUT2D eigenvalue weighted by Gasteiger charge is 2.33. The second-order valence-electron chi connectivity index (χ2n) is 6.10. The third-order valence-corrected chi connectivity index (χ3v) is 5.55. The Morgan fingerprint density at radius 2 is 1.92 bits per heavy atom. The van der Waals surface area contributed by atoms with Crippen LogP contribution < -0.4 is 5.73 Å². The van der Waals surface area contributed by atoms with Crippen LogP contribution in [0.2, 0.25) is 5.02 Å². The normalized spacial score (nSPS) is 19.5. The van der Waals surface area contributed by atoms with Gasteiger partial charge in [-0.3, -0.25) is 4.79 Å². The van der Waals surface area contributed by atoms with Gasteiger partial charge in [-0.25, -0.2) is 0 Å². The number of rotatable bonds is 5. The van der Waals surface area contributed by atoms with Gasteiger partial charge in [-0.15, -0.1) is 24.2 Å². The third-order valence-electron chi connectivity index (χ3n) is 4.33. The quantitative estimate of drug-likeness (QED) is 0.831. The zero-order valence-corrected chi connectivity index (χ0v) is 16.2. The van der Waals surface area contributed by atoms with Crippen LogP contribution in [0.1, 0.15) is 17.0 Å². The van der Waals surface area contributed by atoms with Gasteiger partial charge in [0.05, 0.1) is 5.75 Å². The molecule has 1 amide bonds. The van der Waals surface area contributed by atoms with Gasteiger partial charge < -0.3 is 10.6 Å². The SMILES string of the molecule is Cl.N[C@@H]1CN(C(=O)CSCc2cccc(Cl)c2)C[C@H]1c1ccccc1. The van der Waals surface area contributed by atoms with Crippen molar-refractivity contribution < 1.29 is 4.79 Å². The molecule has 0 radical (unpaired) electrons. The first-order valence-electron chi connectivity index (χ1n) is 8.04. The number of halogens is 2. The van der Waals surface area contributed by atoms with Crippen molar-refractivity contribution in [3.8, 4) is 0 Å². The van der Waals surface area contributed by atoms with E-state index in [2.05, 4.69) is 12.1 Å². The van der Waals surface area contributed by atoms with Crippen molar-refractivity contribution in [2.24, 2.45) is 5.73 Å². The topological polar surface area (TPSA) is 46.3 Å². The summed E-state index contributed by atoms with van der Waals surface area (Å²) in [5.41, 5.74) is 8.61. The predicted octanol–water partition coefficient (Wildman–Crippen LogP) is 3.95. The van der Waals surface area contributed by atoms with E-state index < -0.39 is 0 Å². The summed E-state index contributed by atoms with van der Waals surface area (Å²) in [6.07, 6.45) is 0. The Labute approximate surface area is 164 Å². The average Bonchev–Trinajstić information content (AvgIpc) is 2.98. The van der Waals surface area contributed by atoms with Crippen molar-refractivity contribution in [3.05, 3.63) is 70.7 Å². The number of benzene rings is 2. The van der Waals surface area contributed by atoms with Crippen molar-refractivity contribution in [2.75, 3.05) is 18.8 Å². The monoisotopic (exact) mass is 396 g/mol. The van der Waals surface area contributed by atoms with Gasteiger partial charge in [0.15, 0.2) is 0 Å². The minimum Gasteiger partial charge on any atom is -0.340 e. The molecule has 0 spiro atoms. The van der Waals surface area contributed by atoms with E-state index in [4.69, 9.17) is 17.3 Å². The summed E-state index contributed by atoms with van der Waals surface area (Å²) in [5.74, 6) is 1.65. The van der Waals surface area contributed by atoms with E-state index in [1.807, 2.05) is 47.4 Å². The number of carbonyl (C=O) groups excluding carboxylic acids is 1. The molecule has 0 aromatic heterocycles. The summed E-state index contributed by atoms with van der Waals surface area (Å²) < 4.78 is 0. The zero-order chi connectivity index (χ0) is 16.9. The summed E-state index contributed by atoms with van der Waals surface area (Å²) in [7, 11) is 0. The number of hydrogen-bond donors (Lipinski definition) is 1. The molecule has 3 nitrogen and oxygen atoms in total. The summed E-state index contributed by atoms with van der Waals surface area (Å²) in [6.45, 7) is 1.35. The lowest BCUT2D eigenvalue weighted by Crippen LogP contribution is -2.33. The van der Waals surface area contributed by atoms with Gasteiger partial charge in [-0.2, -0.15) is 0 Å². The highest BCUT2D eigenvalue weighted by Crippen LogP contribution is 2.27. The van der Waals surface area contributed by atoms with Gasteiger partial charge >= 0.3 is 0 Å². The van der Waals surface area contributed by atoms with Crippen LogP contribution in [0.25, 0.3) is 0 Å². The molecule has 2 N–H and O–H groups in total. The Balaban J connectivity index is 0.00000225. The molecule has 6 heteroatoms. The fraction of sp³-hybridized carbons (Fsp3) is 0.316. The Morgan fingerprint density at radius 1 is 1.16 bits per heavy atom. The number of hydrogen-bond acceptors (Lipinski definition) is 3. The van der Waals surface area contributed by atoms with Crippen LogP contribution in [-0.4, -0.2) is 35.7 Å². The molecule has 0 saturated carbocycles. The number of thioether (sulfide) groups is 1. The van der Waals surface area contributed by atoms with Crippen molar-refractivity contribution in [2.45, 2.75) is 17.7 Å². The standard InChI is InChI=1S/C19H21ClN2OS.ClH/c20-16-8-4-5-14(9-16)12-24-13-19(23)22-10-17(18(21)11-22)15-6-2-1-3-7-15;/h1-9,17-18H,10-13,21H2;1H/t17-,18+;/m0./s1. The van der Waals surface area contributed by atoms with Gasteiger partial charge in [-0.1, -0.05) is 54.1 Å². The molecule has 2 aromatic carbocycles. The largest absolute Gasteiger partial charge is 0.340 e. The minimum absolute atomic E-state index is 0. The van der Waals surface area contributed by atoms with Gasteiger partial charge in [0.25, 0.3) is 0 Å². The number of likely N-dealkylation sites (tertiary alicyclic amines) is 1. The number of nitrogens with zero attached hydrogens (tertiary/aromatic N) is 1. The number of carbonyl (C=O) groups is 1. The molecule has 1 aliphatic rings. The van der Waals surface area contributed by atoms with E-state index in [-0.39, 0.29) is 30.3 Å². The van der Waals surface area contributed by atoms with Crippen LogP contribution in [0.15, 0.2) is 54.6 Å². The molecule has 134 valence electrons. The first-order valence-corrected chi connectivity index (χ1v) is 9.57. The van der Waals surface area contributed by atoms with Gasteiger partial charge in [0, 0.05) is 35.8 Å². The fourth-order valence-corrected chi connectivity index (χ4v) is 4.15. The Morgan fingerprint density at radius 3 is 2.64 bits per heavy atom. The van der Waals surface area contributed by atoms with Crippen LogP contribution in [0.3, 0.4) is 0 Å². The molecular weight excluding hydrogens is 375 g/mol. The van der Waals surface area contributed by atoms with Crippen LogP contribution in [-0.2, 0) is 10.5 Å². The molecule has 1 saturated heterocycles. The van der Waals surface area contributed by atoms with Gasteiger partial charge in [-0.05, 0) is 23.3 Å². The van der Waals surface area contributed by atoms with Crippen LogP contribution in [0, 0.1) is 0 Å². The first-order chi connectivity index (χ1) is 11.6. The van der Waals surface area contributed by atoms with E-state index >= 15 is 0 Å². The highest BCUT2D eigenvalue weighted by molar-refractivity contribution is 7.99.